The van der Waals surface area contributed by atoms with Crippen LogP contribution in [0.4, 0.5) is 5.82 Å². The number of rotatable bonds is 8. The van der Waals surface area contributed by atoms with Gasteiger partial charge in [-0.3, -0.25) is 0 Å². The van der Waals surface area contributed by atoms with Crippen molar-refractivity contribution in [3.8, 4) is 11.5 Å². The molecule has 0 aliphatic carbocycles. The fourth-order valence-electron chi connectivity index (χ4n) is 4.23. The maximum atomic E-state index is 11.7. The number of nitrogens with two attached hydrogens (primary N) is 1. The molecule has 3 aromatic carbocycles. The van der Waals surface area contributed by atoms with E-state index >= 15 is 0 Å². The minimum Gasteiger partial charge on any atom is -0.497 e. The van der Waals surface area contributed by atoms with Crippen molar-refractivity contribution in [3.05, 3.63) is 108 Å². The van der Waals surface area contributed by atoms with Crippen LogP contribution in [-0.4, -0.2) is 38.8 Å². The number of benzene rings is 3. The molecule has 38 heavy (non-hydrogen) atoms. The molecule has 8 heteroatoms. The van der Waals surface area contributed by atoms with Crippen LogP contribution in [0.2, 0.25) is 0 Å². The molecule has 0 saturated carbocycles. The second-order valence-corrected chi connectivity index (χ2v) is 8.76. The van der Waals surface area contributed by atoms with Crippen molar-refractivity contribution >= 4 is 17.0 Å². The Kier molecular flexibility index (Phi) is 8.55. The molecule has 3 N–H and O–H groups in total. The lowest BCUT2D eigenvalue weighted by atomic mass is 9.80. The molecule has 0 aliphatic rings. The number of aryl methyl sites for hydroxylation is 1. The minimum absolute atomic E-state index is 0.449. The second kappa shape index (κ2) is 12.2. The van der Waals surface area contributed by atoms with Crippen LogP contribution < -0.4 is 15.2 Å². The topological polar surface area (TPSA) is 108 Å². The first-order chi connectivity index (χ1) is 18.5. The van der Waals surface area contributed by atoms with E-state index in [0.717, 1.165) is 53.2 Å². The Labute approximate surface area is 222 Å². The summed E-state index contributed by atoms with van der Waals surface area (Å²) >= 11 is 0. The standard InChI is InChI=1S/C21H20O3.C9H13N5/c1-23-19-12-8-17(9-13-19)21(22,16-6-4-3-5-7-16)18-10-14-20(24-2)15-11-18;1-2-3-4-14-6-13-7-8(10)11-5-12-9(7)14/h3-15,22H,1-2H3;5-6H,2-4H2,1H3,(H2,10,11,12). The van der Waals surface area contributed by atoms with E-state index in [4.69, 9.17) is 15.2 Å². The van der Waals surface area contributed by atoms with E-state index in [2.05, 4.69) is 21.9 Å². The molecule has 0 atom stereocenters. The van der Waals surface area contributed by atoms with Crippen LogP contribution in [0.3, 0.4) is 0 Å². The highest BCUT2D eigenvalue weighted by Crippen LogP contribution is 2.37. The average molecular weight is 512 g/mol. The highest BCUT2D eigenvalue weighted by atomic mass is 16.5. The quantitative estimate of drug-likeness (QED) is 0.276. The number of ether oxygens (including phenoxy) is 2. The van der Waals surface area contributed by atoms with E-state index in [1.54, 1.807) is 20.5 Å². The zero-order valence-corrected chi connectivity index (χ0v) is 21.9. The number of fused-ring (bicyclic) bond motifs is 1. The summed E-state index contributed by atoms with van der Waals surface area (Å²) in [6.45, 7) is 3.09. The van der Waals surface area contributed by atoms with Gasteiger partial charge in [0, 0.05) is 6.54 Å². The molecule has 0 saturated heterocycles. The molecule has 0 amide bonds. The van der Waals surface area contributed by atoms with Gasteiger partial charge in [0.25, 0.3) is 0 Å². The van der Waals surface area contributed by atoms with Gasteiger partial charge in [0.1, 0.15) is 28.9 Å². The normalized spacial score (nSPS) is 11.1. The lowest BCUT2D eigenvalue weighted by molar-refractivity contribution is 0.125. The first kappa shape index (κ1) is 26.6. The number of aromatic nitrogens is 4. The van der Waals surface area contributed by atoms with E-state index in [0.29, 0.717) is 11.3 Å². The molecule has 0 bridgehead atoms. The van der Waals surface area contributed by atoms with Gasteiger partial charge in [0.2, 0.25) is 0 Å². The smallest absolute Gasteiger partial charge is 0.165 e. The van der Waals surface area contributed by atoms with Crippen molar-refractivity contribution in [1.82, 2.24) is 19.5 Å². The monoisotopic (exact) mass is 511 g/mol. The number of unbranched alkanes of at least 4 members (excludes halogenated alkanes) is 1. The van der Waals surface area contributed by atoms with Gasteiger partial charge in [-0.05, 0) is 47.4 Å². The zero-order valence-electron chi connectivity index (χ0n) is 21.9. The predicted octanol–water partition coefficient (Wildman–Crippen LogP) is 5.20. The van der Waals surface area contributed by atoms with Crippen molar-refractivity contribution in [3.63, 3.8) is 0 Å². The SMILES string of the molecule is CCCCn1cnc2c(N)ncnc21.COc1ccc(C(O)(c2ccccc2)c2ccc(OC)cc2)cc1. The Morgan fingerprint density at radius 2 is 1.34 bits per heavy atom. The Morgan fingerprint density at radius 3 is 1.87 bits per heavy atom. The Balaban J connectivity index is 0.000000204. The van der Waals surface area contributed by atoms with Gasteiger partial charge >= 0.3 is 0 Å². The average Bonchev–Trinajstić information content (AvgIpc) is 3.41. The number of imidazole rings is 1. The van der Waals surface area contributed by atoms with E-state index in [1.807, 2.05) is 83.4 Å². The van der Waals surface area contributed by atoms with Crippen molar-refractivity contribution < 1.29 is 14.6 Å². The van der Waals surface area contributed by atoms with Gasteiger partial charge < -0.3 is 24.9 Å². The Morgan fingerprint density at radius 1 is 0.789 bits per heavy atom. The molecule has 2 heterocycles. The third-order valence-corrected chi connectivity index (χ3v) is 6.39. The maximum absolute atomic E-state index is 11.7. The van der Waals surface area contributed by atoms with E-state index in [1.165, 1.54) is 6.33 Å². The Hall–Kier alpha value is -4.43. The van der Waals surface area contributed by atoms with Gasteiger partial charge in [-0.1, -0.05) is 67.9 Å². The molecule has 0 fully saturated rings. The summed E-state index contributed by atoms with van der Waals surface area (Å²) in [5.74, 6) is 1.96. The van der Waals surface area contributed by atoms with E-state index in [9.17, 15) is 5.11 Å². The highest BCUT2D eigenvalue weighted by Gasteiger charge is 2.33. The number of nitrogens with zero attached hydrogens (tertiary/aromatic N) is 4. The maximum Gasteiger partial charge on any atom is 0.165 e. The summed E-state index contributed by atoms with van der Waals surface area (Å²) in [6, 6.07) is 24.6. The lowest BCUT2D eigenvalue weighted by Crippen LogP contribution is -2.28. The third-order valence-electron chi connectivity index (χ3n) is 6.39. The fourth-order valence-corrected chi connectivity index (χ4v) is 4.23. The number of aliphatic hydroxyl groups is 1. The molecule has 0 aliphatic heterocycles. The summed E-state index contributed by atoms with van der Waals surface area (Å²) < 4.78 is 12.5. The molecule has 196 valence electrons. The molecule has 0 radical (unpaired) electrons. The minimum atomic E-state index is -1.25. The number of methoxy groups -OCH3 is 2. The van der Waals surface area contributed by atoms with Crippen molar-refractivity contribution in [2.45, 2.75) is 31.9 Å². The summed E-state index contributed by atoms with van der Waals surface area (Å²) in [7, 11) is 3.25. The van der Waals surface area contributed by atoms with Crippen LogP contribution in [0.25, 0.3) is 11.2 Å². The van der Waals surface area contributed by atoms with E-state index < -0.39 is 5.60 Å². The summed E-state index contributed by atoms with van der Waals surface area (Å²) in [4.78, 5) is 12.2. The largest absolute Gasteiger partial charge is 0.497 e. The van der Waals surface area contributed by atoms with Crippen molar-refractivity contribution in [2.75, 3.05) is 20.0 Å². The first-order valence-corrected chi connectivity index (χ1v) is 12.5. The van der Waals surface area contributed by atoms with E-state index in [-0.39, 0.29) is 0 Å². The summed E-state index contributed by atoms with van der Waals surface area (Å²) in [5.41, 5.74) is 8.30. The van der Waals surface area contributed by atoms with Crippen LogP contribution in [0.15, 0.2) is 91.5 Å². The zero-order chi connectivity index (χ0) is 27.0. The van der Waals surface area contributed by atoms with Gasteiger partial charge in [0.05, 0.1) is 20.5 Å². The van der Waals surface area contributed by atoms with Crippen LogP contribution in [0.1, 0.15) is 36.5 Å². The molecule has 0 unspecified atom stereocenters. The van der Waals surface area contributed by atoms with Crippen LogP contribution in [-0.2, 0) is 12.1 Å². The molecule has 5 aromatic rings. The number of hydrogen-bond donors (Lipinski definition) is 2. The van der Waals surface area contributed by atoms with Crippen molar-refractivity contribution in [2.24, 2.45) is 0 Å². The van der Waals surface area contributed by atoms with Crippen molar-refractivity contribution in [1.29, 1.82) is 0 Å². The summed E-state index contributed by atoms with van der Waals surface area (Å²) in [6.07, 6.45) is 5.52. The predicted molar refractivity (Wildman–Crippen MR) is 149 cm³/mol. The molecule has 0 spiro atoms. The number of hydrogen-bond acceptors (Lipinski definition) is 7. The molecule has 2 aromatic heterocycles. The molecular weight excluding hydrogens is 478 g/mol. The van der Waals surface area contributed by atoms with Gasteiger partial charge in [-0.2, -0.15) is 0 Å². The molecule has 5 rings (SSSR count). The summed E-state index contributed by atoms with van der Waals surface area (Å²) in [5, 5.41) is 11.7. The van der Waals surface area contributed by atoms with Gasteiger partial charge in [-0.25, -0.2) is 15.0 Å². The van der Waals surface area contributed by atoms with Gasteiger partial charge in [0.15, 0.2) is 11.5 Å². The van der Waals surface area contributed by atoms with Crippen LogP contribution in [0, 0.1) is 0 Å². The van der Waals surface area contributed by atoms with Crippen LogP contribution >= 0.6 is 0 Å². The lowest BCUT2D eigenvalue weighted by Gasteiger charge is -2.30. The Bertz CT molecular complexity index is 1390. The molecular formula is C30H33N5O3. The van der Waals surface area contributed by atoms with Crippen LogP contribution in [0.5, 0.6) is 11.5 Å². The highest BCUT2D eigenvalue weighted by molar-refractivity contribution is 5.81. The fraction of sp³-hybridized carbons (Fsp3) is 0.233. The first-order valence-electron chi connectivity index (χ1n) is 12.5. The molecule has 8 nitrogen and oxygen atoms in total. The van der Waals surface area contributed by atoms with Gasteiger partial charge in [-0.15, -0.1) is 0 Å². The number of nitrogen functional groups attached to an aromatic ring is 1. The third kappa shape index (κ3) is 5.60. The number of anilines is 1. The second-order valence-electron chi connectivity index (χ2n) is 8.76.